The van der Waals surface area contributed by atoms with Gasteiger partial charge in [-0.05, 0) is 83.0 Å². The van der Waals surface area contributed by atoms with E-state index in [2.05, 4.69) is 53.5 Å². The van der Waals surface area contributed by atoms with E-state index in [9.17, 15) is 9.59 Å². The number of carbonyl (C=O) groups is 2. The third-order valence-corrected chi connectivity index (χ3v) is 11.5. The first-order valence-corrected chi connectivity index (χ1v) is 19.9. The summed E-state index contributed by atoms with van der Waals surface area (Å²) in [5.41, 5.74) is 10.2. The number of aliphatic imine (C=N–C) groups is 1. The molecule has 7 aromatic rings. The van der Waals surface area contributed by atoms with Gasteiger partial charge in [-0.1, -0.05) is 84.9 Å². The highest BCUT2D eigenvalue weighted by Crippen LogP contribution is 2.36. The molecule has 3 aromatic heterocycles. The summed E-state index contributed by atoms with van der Waals surface area (Å²) in [5, 5.41) is 2.22. The van der Waals surface area contributed by atoms with E-state index in [-0.39, 0.29) is 37.5 Å². The molecule has 6 heterocycles. The molecular formula is C47H41N7O4. The zero-order valence-electron chi connectivity index (χ0n) is 31.9. The number of nitrogens with one attached hydrogen (secondary N) is 1. The molecule has 2 fully saturated rings. The number of H-pyrrole nitrogens is 1. The number of aromatic amines is 1. The molecule has 4 aromatic carbocycles. The van der Waals surface area contributed by atoms with Crippen LogP contribution in [0.25, 0.3) is 44.2 Å². The van der Waals surface area contributed by atoms with E-state index in [0.717, 1.165) is 98.3 Å². The van der Waals surface area contributed by atoms with Gasteiger partial charge < -0.3 is 14.5 Å². The van der Waals surface area contributed by atoms with Crippen molar-refractivity contribution in [3.63, 3.8) is 0 Å². The third kappa shape index (κ3) is 7.04. The number of fused-ring (bicyclic) bond motifs is 3. The van der Waals surface area contributed by atoms with Crippen LogP contribution in [0.4, 0.5) is 15.3 Å². The van der Waals surface area contributed by atoms with E-state index >= 15 is 0 Å². The molecule has 0 spiro atoms. The second kappa shape index (κ2) is 15.2. The number of hydrogen-bond acceptors (Lipinski definition) is 8. The van der Waals surface area contributed by atoms with Gasteiger partial charge >= 0.3 is 12.2 Å². The Morgan fingerprint density at radius 1 is 0.655 bits per heavy atom. The number of aromatic nitrogens is 4. The van der Waals surface area contributed by atoms with Crippen LogP contribution in [-0.4, -0.2) is 66.8 Å². The first-order valence-electron chi connectivity index (χ1n) is 19.9. The van der Waals surface area contributed by atoms with E-state index in [1.54, 1.807) is 4.90 Å². The van der Waals surface area contributed by atoms with Gasteiger partial charge in [0.15, 0.2) is 5.65 Å². The highest BCUT2D eigenvalue weighted by atomic mass is 16.6. The highest BCUT2D eigenvalue weighted by Gasteiger charge is 2.36. The molecule has 288 valence electrons. The molecule has 3 aliphatic heterocycles. The molecule has 0 saturated carbocycles. The molecule has 1 N–H and O–H groups in total. The van der Waals surface area contributed by atoms with Gasteiger partial charge in [-0.2, -0.15) is 0 Å². The number of amides is 2. The summed E-state index contributed by atoms with van der Waals surface area (Å²) in [5.74, 6) is 0.725. The predicted molar refractivity (Wildman–Crippen MR) is 223 cm³/mol. The number of hydrogen-bond donors (Lipinski definition) is 1. The van der Waals surface area contributed by atoms with Crippen LogP contribution in [0.2, 0.25) is 0 Å². The number of carbonyl (C=O) groups excluding carboxylic acids is 2. The van der Waals surface area contributed by atoms with E-state index < -0.39 is 0 Å². The van der Waals surface area contributed by atoms with E-state index in [0.29, 0.717) is 25.2 Å². The van der Waals surface area contributed by atoms with Gasteiger partial charge in [0.2, 0.25) is 0 Å². The summed E-state index contributed by atoms with van der Waals surface area (Å²) in [6.07, 6.45) is 7.26. The van der Waals surface area contributed by atoms with Gasteiger partial charge in [-0.25, -0.2) is 19.6 Å². The fraction of sp³-hybridized carbons (Fsp3) is 0.234. The minimum atomic E-state index is -0.332. The largest absolute Gasteiger partial charge is 0.445 e. The maximum atomic E-state index is 13.1. The van der Waals surface area contributed by atoms with E-state index in [1.165, 1.54) is 0 Å². The number of nitrogens with zero attached hydrogens (tertiary/aromatic N) is 6. The van der Waals surface area contributed by atoms with Crippen molar-refractivity contribution in [3.05, 3.63) is 144 Å². The van der Waals surface area contributed by atoms with Crippen molar-refractivity contribution in [2.24, 2.45) is 4.99 Å². The van der Waals surface area contributed by atoms with Crippen molar-refractivity contribution in [3.8, 4) is 22.3 Å². The monoisotopic (exact) mass is 767 g/mol. The van der Waals surface area contributed by atoms with Crippen molar-refractivity contribution in [2.45, 2.75) is 57.4 Å². The number of benzene rings is 4. The summed E-state index contributed by atoms with van der Waals surface area (Å²) in [7, 11) is 0. The Hall–Kier alpha value is -6.88. The van der Waals surface area contributed by atoms with Crippen LogP contribution in [0.1, 0.15) is 54.4 Å². The molecule has 10 rings (SSSR count). The number of ether oxygens (including phenoxy) is 2. The Bertz CT molecular complexity index is 2700. The van der Waals surface area contributed by atoms with Crippen LogP contribution in [-0.2, 0) is 29.1 Å². The fourth-order valence-electron chi connectivity index (χ4n) is 8.48. The minimum absolute atomic E-state index is 0.0826. The molecule has 3 aliphatic rings. The highest BCUT2D eigenvalue weighted by molar-refractivity contribution is 6.00. The zero-order valence-corrected chi connectivity index (χ0v) is 31.9. The molecular weight excluding hydrogens is 727 g/mol. The summed E-state index contributed by atoms with van der Waals surface area (Å²) in [6.45, 7) is 1.78. The Morgan fingerprint density at radius 2 is 1.24 bits per heavy atom. The van der Waals surface area contributed by atoms with Crippen LogP contribution in [0.3, 0.4) is 0 Å². The average molecular weight is 768 g/mol. The topological polar surface area (TPSA) is 126 Å². The normalized spacial score (nSPS) is 17.5. The summed E-state index contributed by atoms with van der Waals surface area (Å²) >= 11 is 0. The van der Waals surface area contributed by atoms with Crippen LogP contribution in [0.15, 0.2) is 127 Å². The third-order valence-electron chi connectivity index (χ3n) is 11.5. The van der Waals surface area contributed by atoms with Crippen LogP contribution in [0, 0.1) is 0 Å². The van der Waals surface area contributed by atoms with Crippen molar-refractivity contribution in [1.29, 1.82) is 0 Å². The predicted octanol–water partition coefficient (Wildman–Crippen LogP) is 9.74. The van der Waals surface area contributed by atoms with Crippen LogP contribution < -0.4 is 0 Å². The number of pyridine rings is 2. The van der Waals surface area contributed by atoms with Crippen molar-refractivity contribution in [1.82, 2.24) is 29.7 Å². The van der Waals surface area contributed by atoms with Gasteiger partial charge in [0, 0.05) is 48.7 Å². The van der Waals surface area contributed by atoms with Crippen molar-refractivity contribution < 1.29 is 19.1 Å². The lowest BCUT2D eigenvalue weighted by molar-refractivity contribution is 0.0909. The summed E-state index contributed by atoms with van der Waals surface area (Å²) in [4.78, 5) is 52.6. The number of rotatable bonds is 8. The molecule has 2 saturated heterocycles. The molecule has 0 bridgehead atoms. The Morgan fingerprint density at radius 3 is 1.90 bits per heavy atom. The molecule has 2 atom stereocenters. The molecule has 2 amide bonds. The van der Waals surface area contributed by atoms with Gasteiger partial charge in [-0.15, -0.1) is 0 Å². The Kier molecular flexibility index (Phi) is 9.33. The Labute approximate surface area is 335 Å². The molecule has 0 aliphatic carbocycles. The zero-order chi connectivity index (χ0) is 39.0. The fourth-order valence-corrected chi connectivity index (χ4v) is 8.48. The Balaban J connectivity index is 0.826. The lowest BCUT2D eigenvalue weighted by Crippen LogP contribution is -2.40. The van der Waals surface area contributed by atoms with E-state index in [4.69, 9.17) is 29.4 Å². The minimum Gasteiger partial charge on any atom is -0.445 e. The second-order valence-corrected chi connectivity index (χ2v) is 15.2. The smallest absolute Gasteiger partial charge is 0.410 e. The lowest BCUT2D eigenvalue weighted by Gasteiger charge is -2.24. The maximum Gasteiger partial charge on any atom is 0.410 e. The van der Waals surface area contributed by atoms with Crippen molar-refractivity contribution >= 4 is 45.5 Å². The van der Waals surface area contributed by atoms with Crippen LogP contribution in [0.5, 0.6) is 0 Å². The quantitative estimate of drug-likeness (QED) is 0.163. The first-order chi connectivity index (χ1) is 28.5. The first kappa shape index (κ1) is 35.5. The molecule has 11 heteroatoms. The lowest BCUT2D eigenvalue weighted by atomic mass is 9.98. The van der Waals surface area contributed by atoms with Gasteiger partial charge in [0.25, 0.3) is 0 Å². The van der Waals surface area contributed by atoms with E-state index in [1.807, 2.05) is 78.0 Å². The van der Waals surface area contributed by atoms with Gasteiger partial charge in [0.1, 0.15) is 19.0 Å². The summed E-state index contributed by atoms with van der Waals surface area (Å²) < 4.78 is 11.3. The molecule has 1 unspecified atom stereocenters. The average Bonchev–Trinajstić information content (AvgIpc) is 4.10. The number of likely N-dealkylation sites (tertiary alicyclic amines) is 2. The maximum absolute atomic E-state index is 13.1. The second-order valence-electron chi connectivity index (χ2n) is 15.2. The molecule has 0 radical (unpaired) electrons. The van der Waals surface area contributed by atoms with Gasteiger partial charge in [-0.3, -0.25) is 19.8 Å². The standard InChI is InChI=1S/C47H41N7O4/c55-46(57-28-30-9-3-1-4-10-30)53-19-7-13-42(53)40-25-38-39(50-40)23-36(26-48-38)34-17-15-33-22-35(18-16-32(33)21-34)37-24-41-44(49-27-37)52-45(51-41)43-14-8-20-54(43)47(56)58-29-31-11-5-2-6-12-31/h1-6,9-12,15-18,21-24,26-27,42-43H,7-8,13-14,19-20,25,28-29H2,(H,49,51,52)/t42-,43?/m0/s1. The van der Waals surface area contributed by atoms with Crippen LogP contribution >= 0.6 is 0 Å². The number of imidazole rings is 1. The molecule has 11 nitrogen and oxygen atoms in total. The van der Waals surface area contributed by atoms with Gasteiger partial charge in [0.05, 0.1) is 29.0 Å². The summed E-state index contributed by atoms with van der Waals surface area (Å²) in [6, 6.07) is 36.3. The SMILES string of the molecule is O=C(OCc1ccccc1)N1CCCC1c1nc2ncc(-c3ccc4cc(-c5cnc6c(c5)N=C([C@@H]5CCCN5C(=O)OCc5ccccc5)C6)ccc4c3)cc2[nH]1. The van der Waals surface area contributed by atoms with Crippen molar-refractivity contribution in [2.75, 3.05) is 13.1 Å². The molecule has 58 heavy (non-hydrogen) atoms.